The third kappa shape index (κ3) is 3.11. The number of nitrogens with one attached hydrogen (secondary N) is 1. The lowest BCUT2D eigenvalue weighted by Crippen LogP contribution is -2.30. The molecule has 2 heterocycles. The van der Waals surface area contributed by atoms with Crippen LogP contribution in [0.25, 0.3) is 0 Å². The number of amides is 1. The van der Waals surface area contributed by atoms with Crippen LogP contribution >= 0.6 is 0 Å². The summed E-state index contributed by atoms with van der Waals surface area (Å²) in [6.45, 7) is 5.76. The maximum atomic E-state index is 14.0. The Labute approximate surface area is 138 Å². The van der Waals surface area contributed by atoms with E-state index in [1.807, 2.05) is 13.8 Å². The summed E-state index contributed by atoms with van der Waals surface area (Å²) in [6.07, 6.45) is 0.622. The molecule has 1 aliphatic rings. The van der Waals surface area contributed by atoms with Gasteiger partial charge in [0.15, 0.2) is 5.89 Å². The zero-order valence-electron chi connectivity index (χ0n) is 13.7. The molecule has 5 nitrogen and oxygen atoms in total. The zero-order chi connectivity index (χ0) is 17.4. The van der Waals surface area contributed by atoms with Gasteiger partial charge in [0, 0.05) is 18.6 Å². The smallest absolute Gasteiger partial charge is 0.289 e. The molecule has 0 aliphatic carbocycles. The summed E-state index contributed by atoms with van der Waals surface area (Å²) < 4.78 is 38.0. The predicted molar refractivity (Wildman–Crippen MR) is 81.8 cm³/mol. The Balaban J connectivity index is 1.79. The third-order valence-corrected chi connectivity index (χ3v) is 3.75. The van der Waals surface area contributed by atoms with Crippen molar-refractivity contribution in [3.8, 4) is 5.75 Å². The molecule has 24 heavy (non-hydrogen) atoms. The van der Waals surface area contributed by atoms with E-state index in [2.05, 4.69) is 10.3 Å². The number of nitrogens with zero attached hydrogens (tertiary/aromatic N) is 1. The van der Waals surface area contributed by atoms with Gasteiger partial charge in [0.05, 0.1) is 17.3 Å². The summed E-state index contributed by atoms with van der Waals surface area (Å²) in [5, 5.41) is 2.66. The first-order valence-corrected chi connectivity index (χ1v) is 7.74. The van der Waals surface area contributed by atoms with Crippen LogP contribution < -0.4 is 10.1 Å². The van der Waals surface area contributed by atoms with E-state index in [0.29, 0.717) is 23.9 Å². The number of hydrogen-bond acceptors (Lipinski definition) is 4. The first-order valence-electron chi connectivity index (χ1n) is 7.74. The summed E-state index contributed by atoms with van der Waals surface area (Å²) in [6, 6.07) is 1.17. The number of ether oxygens (including phenoxy) is 1. The molecule has 3 rings (SSSR count). The number of carbonyl (C=O) groups is 1. The topological polar surface area (TPSA) is 64.4 Å². The molecule has 7 heteroatoms. The summed E-state index contributed by atoms with van der Waals surface area (Å²) in [7, 11) is 0. The minimum atomic E-state index is -0.748. The molecule has 1 unspecified atom stereocenters. The molecule has 0 fully saturated rings. The van der Waals surface area contributed by atoms with Crippen LogP contribution in [-0.2, 0) is 6.42 Å². The Morgan fingerprint density at radius 3 is 2.88 bits per heavy atom. The number of rotatable bonds is 4. The van der Waals surface area contributed by atoms with E-state index in [0.717, 1.165) is 12.1 Å². The monoisotopic (exact) mass is 336 g/mol. The Morgan fingerprint density at radius 2 is 2.17 bits per heavy atom. The predicted octanol–water partition coefficient (Wildman–Crippen LogP) is 3.32. The molecule has 0 saturated carbocycles. The SMILES string of the molecule is Cc1nc(CC(C)C)oc1C(=O)NC1COc2cc(F)cc(F)c21. The van der Waals surface area contributed by atoms with Crippen LogP contribution in [0, 0.1) is 24.5 Å². The Morgan fingerprint density at radius 1 is 1.42 bits per heavy atom. The van der Waals surface area contributed by atoms with Crippen molar-refractivity contribution < 1.29 is 22.7 Å². The molecular formula is C17H18F2N2O3. The van der Waals surface area contributed by atoms with E-state index < -0.39 is 23.6 Å². The van der Waals surface area contributed by atoms with Gasteiger partial charge in [-0.3, -0.25) is 4.79 Å². The summed E-state index contributed by atoms with van der Waals surface area (Å²) >= 11 is 0. The number of aryl methyl sites for hydroxylation is 1. The zero-order valence-corrected chi connectivity index (χ0v) is 13.7. The van der Waals surface area contributed by atoms with Crippen molar-refractivity contribution in [3.63, 3.8) is 0 Å². The molecule has 1 aromatic heterocycles. The van der Waals surface area contributed by atoms with Gasteiger partial charge >= 0.3 is 0 Å². The fourth-order valence-corrected chi connectivity index (χ4v) is 2.71. The molecule has 2 aromatic rings. The number of benzene rings is 1. The Bertz CT molecular complexity index is 786. The highest BCUT2D eigenvalue weighted by molar-refractivity contribution is 5.92. The van der Waals surface area contributed by atoms with E-state index >= 15 is 0 Å². The summed E-state index contributed by atoms with van der Waals surface area (Å²) in [5.74, 6) is -0.929. The molecule has 0 saturated heterocycles. The van der Waals surface area contributed by atoms with Crippen molar-refractivity contribution in [1.29, 1.82) is 0 Å². The molecular weight excluding hydrogens is 318 g/mol. The summed E-state index contributed by atoms with van der Waals surface area (Å²) in [4.78, 5) is 16.6. The molecule has 0 radical (unpaired) electrons. The largest absolute Gasteiger partial charge is 0.490 e. The molecule has 128 valence electrons. The average molecular weight is 336 g/mol. The van der Waals surface area contributed by atoms with Gasteiger partial charge in [-0.2, -0.15) is 0 Å². The van der Waals surface area contributed by atoms with E-state index in [1.165, 1.54) is 0 Å². The van der Waals surface area contributed by atoms with Crippen LogP contribution in [0.3, 0.4) is 0 Å². The number of hydrogen-bond donors (Lipinski definition) is 1. The molecule has 1 amide bonds. The van der Waals surface area contributed by atoms with Gasteiger partial charge in [0.2, 0.25) is 5.76 Å². The lowest BCUT2D eigenvalue weighted by Gasteiger charge is -2.11. The van der Waals surface area contributed by atoms with E-state index in [9.17, 15) is 13.6 Å². The van der Waals surface area contributed by atoms with Crippen molar-refractivity contribution in [2.45, 2.75) is 33.2 Å². The first kappa shape index (κ1) is 16.4. The lowest BCUT2D eigenvalue weighted by molar-refractivity contribution is 0.0898. The highest BCUT2D eigenvalue weighted by Gasteiger charge is 2.31. The van der Waals surface area contributed by atoms with Crippen LogP contribution in [0.15, 0.2) is 16.5 Å². The van der Waals surface area contributed by atoms with Gasteiger partial charge in [0.1, 0.15) is 24.0 Å². The highest BCUT2D eigenvalue weighted by Crippen LogP contribution is 2.35. The number of aromatic nitrogens is 1. The number of oxazole rings is 1. The molecule has 1 aliphatic heterocycles. The molecule has 1 aromatic carbocycles. The normalized spacial score (nSPS) is 16.2. The van der Waals surface area contributed by atoms with E-state index in [4.69, 9.17) is 9.15 Å². The van der Waals surface area contributed by atoms with Crippen molar-refractivity contribution >= 4 is 5.91 Å². The maximum Gasteiger partial charge on any atom is 0.289 e. The molecule has 1 N–H and O–H groups in total. The quantitative estimate of drug-likeness (QED) is 0.930. The third-order valence-electron chi connectivity index (χ3n) is 3.75. The maximum absolute atomic E-state index is 14.0. The van der Waals surface area contributed by atoms with Crippen LogP contribution in [0.4, 0.5) is 8.78 Å². The minimum Gasteiger partial charge on any atom is -0.490 e. The van der Waals surface area contributed by atoms with Gasteiger partial charge in [-0.25, -0.2) is 13.8 Å². The molecule has 1 atom stereocenters. The van der Waals surface area contributed by atoms with Crippen LogP contribution in [0.1, 0.15) is 47.6 Å². The van der Waals surface area contributed by atoms with Gasteiger partial charge < -0.3 is 14.5 Å². The summed E-state index contributed by atoms with van der Waals surface area (Å²) in [5.41, 5.74) is 0.617. The minimum absolute atomic E-state index is 0.0352. The van der Waals surface area contributed by atoms with Crippen LogP contribution in [0.2, 0.25) is 0 Å². The lowest BCUT2D eigenvalue weighted by atomic mass is 10.1. The fraction of sp³-hybridized carbons (Fsp3) is 0.412. The second-order valence-corrected chi connectivity index (χ2v) is 6.26. The Hall–Kier alpha value is -2.44. The van der Waals surface area contributed by atoms with Crippen molar-refractivity contribution in [2.75, 3.05) is 6.61 Å². The fourth-order valence-electron chi connectivity index (χ4n) is 2.71. The second-order valence-electron chi connectivity index (χ2n) is 6.26. The van der Waals surface area contributed by atoms with Gasteiger partial charge in [-0.15, -0.1) is 0 Å². The second kappa shape index (κ2) is 6.22. The van der Waals surface area contributed by atoms with Gasteiger partial charge in [-0.05, 0) is 12.8 Å². The number of carbonyl (C=O) groups excluding carboxylic acids is 1. The Kier molecular flexibility index (Phi) is 4.26. The van der Waals surface area contributed by atoms with Crippen molar-refractivity contribution in [2.24, 2.45) is 5.92 Å². The first-order chi connectivity index (χ1) is 11.3. The van der Waals surface area contributed by atoms with E-state index in [1.54, 1.807) is 6.92 Å². The van der Waals surface area contributed by atoms with Crippen LogP contribution in [0.5, 0.6) is 5.75 Å². The van der Waals surface area contributed by atoms with E-state index in [-0.39, 0.29) is 23.7 Å². The molecule has 0 spiro atoms. The average Bonchev–Trinajstić information content (AvgIpc) is 3.02. The number of fused-ring (bicyclic) bond motifs is 1. The highest BCUT2D eigenvalue weighted by atomic mass is 19.1. The van der Waals surface area contributed by atoms with Gasteiger partial charge in [0.25, 0.3) is 5.91 Å². The number of halogens is 2. The van der Waals surface area contributed by atoms with Crippen LogP contribution in [-0.4, -0.2) is 17.5 Å². The van der Waals surface area contributed by atoms with Crippen molar-refractivity contribution in [1.82, 2.24) is 10.3 Å². The van der Waals surface area contributed by atoms with Gasteiger partial charge in [-0.1, -0.05) is 13.8 Å². The standard InChI is InChI=1S/C17H18F2N2O3/c1-8(2)4-14-20-9(3)16(24-14)17(22)21-12-7-23-13-6-10(18)5-11(19)15(12)13/h5-6,8,12H,4,7H2,1-3H3,(H,21,22). The molecule has 0 bridgehead atoms. The van der Waals surface area contributed by atoms with Crippen molar-refractivity contribution in [3.05, 3.63) is 46.7 Å².